The lowest BCUT2D eigenvalue weighted by Crippen LogP contribution is -2.33. The van der Waals surface area contributed by atoms with Crippen LogP contribution in [-0.4, -0.2) is 36.2 Å². The molecule has 1 aromatic rings. The Kier molecular flexibility index (Phi) is 4.52. The number of anilines is 1. The van der Waals surface area contributed by atoms with Crippen LogP contribution in [0.4, 0.5) is 14.9 Å². The molecule has 0 aliphatic heterocycles. The lowest BCUT2D eigenvalue weighted by molar-refractivity contribution is 0.202. The fourth-order valence-electron chi connectivity index (χ4n) is 1.04. The number of carbonyl (C=O) groups excluding carboxylic acids is 1. The summed E-state index contributed by atoms with van der Waals surface area (Å²) in [5.74, 6) is -0.593. The van der Waals surface area contributed by atoms with E-state index in [1.807, 2.05) is 0 Å². The molecule has 0 bridgehead atoms. The van der Waals surface area contributed by atoms with Crippen LogP contribution in [0.5, 0.6) is 0 Å². The van der Waals surface area contributed by atoms with E-state index in [0.29, 0.717) is 5.69 Å². The fourth-order valence-corrected chi connectivity index (χ4v) is 1.16. The molecule has 0 saturated carbocycles. The summed E-state index contributed by atoms with van der Waals surface area (Å²) in [6, 6.07) is 3.57. The number of aliphatic hydroxyl groups is 1. The number of hydrogen-bond acceptors (Lipinski definition) is 2. The van der Waals surface area contributed by atoms with E-state index in [2.05, 4.69) is 5.32 Å². The number of aliphatic hydroxyl groups excluding tert-OH is 1. The van der Waals surface area contributed by atoms with Crippen LogP contribution in [0.3, 0.4) is 0 Å². The molecule has 0 radical (unpaired) electrons. The Balaban J connectivity index is 2.66. The third-order valence-electron chi connectivity index (χ3n) is 1.95. The molecule has 0 spiro atoms. The molecule has 0 fully saturated rings. The molecule has 0 unspecified atom stereocenters. The minimum absolute atomic E-state index is 0.00158. The number of nitrogens with zero attached hydrogens (tertiary/aromatic N) is 1. The molecule has 0 heterocycles. The third kappa shape index (κ3) is 3.36. The van der Waals surface area contributed by atoms with Crippen LogP contribution in [0.1, 0.15) is 0 Å². The van der Waals surface area contributed by atoms with E-state index >= 15 is 0 Å². The van der Waals surface area contributed by atoms with Gasteiger partial charge in [0.25, 0.3) is 0 Å². The topological polar surface area (TPSA) is 52.6 Å². The molecule has 1 aromatic carbocycles. The predicted octanol–water partition coefficient (Wildman–Crippen LogP) is 1.94. The Bertz CT molecular complexity index is 387. The summed E-state index contributed by atoms with van der Waals surface area (Å²) in [6.45, 7) is 0.0841. The van der Waals surface area contributed by atoms with Crippen molar-refractivity contribution in [3.8, 4) is 0 Å². The minimum Gasteiger partial charge on any atom is -0.395 e. The lowest BCUT2D eigenvalue weighted by Gasteiger charge is -2.16. The predicted molar refractivity (Wildman–Crippen MR) is 60.1 cm³/mol. The van der Waals surface area contributed by atoms with Crippen LogP contribution < -0.4 is 5.32 Å². The van der Waals surface area contributed by atoms with Crippen molar-refractivity contribution in [3.05, 3.63) is 29.0 Å². The van der Waals surface area contributed by atoms with E-state index in [9.17, 15) is 9.18 Å². The molecule has 6 heteroatoms. The summed E-state index contributed by atoms with van der Waals surface area (Å²) in [6.07, 6.45) is 0. The first-order chi connectivity index (χ1) is 7.54. The maximum Gasteiger partial charge on any atom is 0.321 e. The van der Waals surface area contributed by atoms with E-state index in [1.165, 1.54) is 24.1 Å². The molecule has 0 atom stereocenters. The number of carbonyl (C=O) groups is 1. The molecule has 4 nitrogen and oxygen atoms in total. The Hall–Kier alpha value is -1.33. The molecular formula is C10H12ClFN2O2. The van der Waals surface area contributed by atoms with Gasteiger partial charge in [0.15, 0.2) is 0 Å². The molecule has 16 heavy (non-hydrogen) atoms. The van der Waals surface area contributed by atoms with E-state index < -0.39 is 11.8 Å². The molecule has 88 valence electrons. The van der Waals surface area contributed by atoms with Crippen molar-refractivity contribution in [2.24, 2.45) is 0 Å². The van der Waals surface area contributed by atoms with Crippen LogP contribution in [0, 0.1) is 5.82 Å². The highest BCUT2D eigenvalue weighted by atomic mass is 35.5. The first-order valence-electron chi connectivity index (χ1n) is 4.62. The van der Waals surface area contributed by atoms with Gasteiger partial charge in [0.05, 0.1) is 11.6 Å². The van der Waals surface area contributed by atoms with Crippen LogP contribution >= 0.6 is 11.6 Å². The van der Waals surface area contributed by atoms with E-state index in [1.54, 1.807) is 0 Å². The normalized spacial score (nSPS) is 10.0. The SMILES string of the molecule is CN(CCO)C(=O)Nc1ccc(Cl)c(F)c1. The van der Waals surface area contributed by atoms with Gasteiger partial charge in [-0.05, 0) is 18.2 Å². The summed E-state index contributed by atoms with van der Waals surface area (Å²) in [4.78, 5) is 12.7. The van der Waals surface area contributed by atoms with Crippen molar-refractivity contribution >= 4 is 23.3 Å². The van der Waals surface area contributed by atoms with Gasteiger partial charge in [-0.2, -0.15) is 0 Å². The third-order valence-corrected chi connectivity index (χ3v) is 2.26. The summed E-state index contributed by atoms with van der Waals surface area (Å²) in [5.41, 5.74) is 0.316. The van der Waals surface area contributed by atoms with Gasteiger partial charge >= 0.3 is 6.03 Å². The maximum atomic E-state index is 13.0. The highest BCUT2D eigenvalue weighted by molar-refractivity contribution is 6.30. The van der Waals surface area contributed by atoms with Crippen molar-refractivity contribution in [2.45, 2.75) is 0 Å². The van der Waals surface area contributed by atoms with Gasteiger partial charge in [-0.25, -0.2) is 9.18 Å². The van der Waals surface area contributed by atoms with Crippen molar-refractivity contribution < 1.29 is 14.3 Å². The van der Waals surface area contributed by atoms with Gasteiger partial charge in [0.2, 0.25) is 0 Å². The van der Waals surface area contributed by atoms with Crippen LogP contribution in [0.2, 0.25) is 5.02 Å². The average molecular weight is 247 g/mol. The Labute approximate surface area is 97.6 Å². The van der Waals surface area contributed by atoms with Crippen molar-refractivity contribution in [2.75, 3.05) is 25.5 Å². The summed E-state index contributed by atoms with van der Waals surface area (Å²) in [5, 5.41) is 11.1. The zero-order valence-corrected chi connectivity index (χ0v) is 9.46. The van der Waals surface area contributed by atoms with Crippen molar-refractivity contribution in [1.29, 1.82) is 0 Å². The van der Waals surface area contributed by atoms with Crippen LogP contribution in [-0.2, 0) is 0 Å². The van der Waals surface area contributed by atoms with Crippen LogP contribution in [0.15, 0.2) is 18.2 Å². The fraction of sp³-hybridized carbons (Fsp3) is 0.300. The molecule has 0 aliphatic carbocycles. The Morgan fingerprint density at radius 1 is 1.62 bits per heavy atom. The molecule has 2 N–H and O–H groups in total. The van der Waals surface area contributed by atoms with E-state index in [-0.39, 0.29) is 18.2 Å². The molecular weight excluding hydrogens is 235 g/mol. The minimum atomic E-state index is -0.593. The quantitative estimate of drug-likeness (QED) is 0.856. The number of benzene rings is 1. The standard InChI is InChI=1S/C10H12ClFN2O2/c1-14(4-5-15)10(16)13-7-2-3-8(11)9(12)6-7/h2-3,6,15H,4-5H2,1H3,(H,13,16). The zero-order valence-electron chi connectivity index (χ0n) is 8.70. The summed E-state index contributed by atoms with van der Waals surface area (Å²) in [7, 11) is 1.53. The van der Waals surface area contributed by atoms with Gasteiger partial charge in [-0.3, -0.25) is 0 Å². The van der Waals surface area contributed by atoms with E-state index in [0.717, 1.165) is 6.07 Å². The number of hydrogen-bond donors (Lipinski definition) is 2. The van der Waals surface area contributed by atoms with Crippen LogP contribution in [0.25, 0.3) is 0 Å². The highest BCUT2D eigenvalue weighted by Gasteiger charge is 2.09. The summed E-state index contributed by atoms with van der Waals surface area (Å²) >= 11 is 5.50. The smallest absolute Gasteiger partial charge is 0.321 e. The number of halogens is 2. The van der Waals surface area contributed by atoms with Gasteiger partial charge in [0.1, 0.15) is 5.82 Å². The molecule has 2 amide bonds. The van der Waals surface area contributed by atoms with Gasteiger partial charge < -0.3 is 15.3 Å². The monoisotopic (exact) mass is 246 g/mol. The van der Waals surface area contributed by atoms with Gasteiger partial charge in [-0.1, -0.05) is 11.6 Å². The second-order valence-electron chi connectivity index (χ2n) is 3.20. The van der Waals surface area contributed by atoms with Gasteiger partial charge in [-0.15, -0.1) is 0 Å². The number of likely N-dealkylation sites (N-methyl/N-ethyl adjacent to an activating group) is 1. The van der Waals surface area contributed by atoms with Crippen molar-refractivity contribution in [3.63, 3.8) is 0 Å². The number of urea groups is 1. The van der Waals surface area contributed by atoms with E-state index in [4.69, 9.17) is 16.7 Å². The summed E-state index contributed by atoms with van der Waals surface area (Å²) < 4.78 is 13.0. The number of nitrogens with one attached hydrogen (secondary N) is 1. The molecule has 0 saturated heterocycles. The Morgan fingerprint density at radius 3 is 2.88 bits per heavy atom. The Morgan fingerprint density at radius 2 is 2.31 bits per heavy atom. The van der Waals surface area contributed by atoms with Gasteiger partial charge in [0, 0.05) is 19.3 Å². The largest absolute Gasteiger partial charge is 0.395 e. The lowest BCUT2D eigenvalue weighted by atomic mass is 10.3. The second kappa shape index (κ2) is 5.67. The molecule has 1 rings (SSSR count). The van der Waals surface area contributed by atoms with Crippen molar-refractivity contribution in [1.82, 2.24) is 4.90 Å². The average Bonchev–Trinajstić information content (AvgIpc) is 2.24. The first kappa shape index (κ1) is 12.7. The zero-order chi connectivity index (χ0) is 12.1. The maximum absolute atomic E-state index is 13.0. The molecule has 0 aromatic heterocycles. The highest BCUT2D eigenvalue weighted by Crippen LogP contribution is 2.18. The molecule has 0 aliphatic rings. The number of rotatable bonds is 3. The second-order valence-corrected chi connectivity index (χ2v) is 3.61. The number of amides is 2. The first-order valence-corrected chi connectivity index (χ1v) is 5.00.